The number of nitrogens with one attached hydrogen (secondary N) is 1. The average Bonchev–Trinajstić information content (AvgIpc) is 2.72. The van der Waals surface area contributed by atoms with Crippen molar-refractivity contribution in [2.75, 3.05) is 0 Å². The molecule has 0 radical (unpaired) electrons. The molecule has 0 amide bonds. The molecule has 1 fully saturated rings. The maximum absolute atomic E-state index is 5.95. The number of aromatic nitrogens is 3. The lowest BCUT2D eigenvalue weighted by Crippen LogP contribution is -2.39. The van der Waals surface area contributed by atoms with Gasteiger partial charge in [0.2, 0.25) is 0 Å². The van der Waals surface area contributed by atoms with Gasteiger partial charge in [-0.25, -0.2) is 14.7 Å². The quantitative estimate of drug-likeness (QED) is 0.489. The second-order valence-electron chi connectivity index (χ2n) is 5.03. The molecule has 106 valence electrons. The summed E-state index contributed by atoms with van der Waals surface area (Å²) in [4.78, 5) is 8.54. The Hall–Kier alpha value is -1.59. The highest BCUT2D eigenvalue weighted by atomic mass is 15.3. The summed E-state index contributed by atoms with van der Waals surface area (Å²) >= 11 is 0. The highest BCUT2D eigenvalue weighted by Gasteiger charge is 2.12. The van der Waals surface area contributed by atoms with Gasteiger partial charge in [-0.1, -0.05) is 25.7 Å². The van der Waals surface area contributed by atoms with Crippen molar-refractivity contribution in [2.24, 2.45) is 10.7 Å². The molecule has 6 heteroatoms. The van der Waals surface area contributed by atoms with Gasteiger partial charge in [-0.15, -0.1) is 0 Å². The van der Waals surface area contributed by atoms with Gasteiger partial charge in [-0.2, -0.15) is 5.10 Å². The molecule has 0 bridgehead atoms. The summed E-state index contributed by atoms with van der Waals surface area (Å²) in [5.41, 5.74) is 5.95. The Morgan fingerprint density at radius 3 is 2.84 bits per heavy atom. The molecule has 1 saturated carbocycles. The first-order valence-electron chi connectivity index (χ1n) is 7.22. The third-order valence-corrected chi connectivity index (χ3v) is 3.59. The molecule has 1 aliphatic rings. The van der Waals surface area contributed by atoms with Crippen LogP contribution in [0.5, 0.6) is 0 Å². The summed E-state index contributed by atoms with van der Waals surface area (Å²) in [6, 6.07) is 0.482. The molecular weight excluding hydrogens is 240 g/mol. The largest absolute Gasteiger partial charge is 0.370 e. The van der Waals surface area contributed by atoms with E-state index in [-0.39, 0.29) is 0 Å². The molecule has 0 atom stereocenters. The highest BCUT2D eigenvalue weighted by molar-refractivity contribution is 5.78. The SMILES string of the molecule is CCn1ncnc1CN=C(N)NC1CCCCCC1. The van der Waals surface area contributed by atoms with Gasteiger partial charge in [-0.3, -0.25) is 0 Å². The summed E-state index contributed by atoms with van der Waals surface area (Å²) in [5.74, 6) is 1.38. The van der Waals surface area contributed by atoms with E-state index < -0.39 is 0 Å². The molecule has 0 aromatic carbocycles. The molecule has 1 aromatic rings. The summed E-state index contributed by atoms with van der Waals surface area (Å²) in [5, 5.41) is 7.44. The second kappa shape index (κ2) is 7.11. The predicted octanol–water partition coefficient (Wildman–Crippen LogP) is 1.43. The molecule has 3 N–H and O–H groups in total. The van der Waals surface area contributed by atoms with E-state index in [0.717, 1.165) is 12.4 Å². The Labute approximate surface area is 114 Å². The van der Waals surface area contributed by atoms with Gasteiger partial charge in [0.25, 0.3) is 0 Å². The topological polar surface area (TPSA) is 81.1 Å². The molecular formula is C13H24N6. The Kier molecular flexibility index (Phi) is 5.18. The maximum Gasteiger partial charge on any atom is 0.189 e. The standard InChI is InChI=1S/C13H24N6/c1-2-19-12(16-10-17-19)9-15-13(14)18-11-7-5-3-4-6-8-11/h10-11H,2-9H2,1H3,(H3,14,15,18). The van der Waals surface area contributed by atoms with Crippen LogP contribution in [-0.2, 0) is 13.1 Å². The van der Waals surface area contributed by atoms with Gasteiger partial charge in [0, 0.05) is 12.6 Å². The number of nitrogens with zero attached hydrogens (tertiary/aromatic N) is 4. The first-order chi connectivity index (χ1) is 9.29. The molecule has 0 spiro atoms. The molecule has 19 heavy (non-hydrogen) atoms. The first kappa shape index (κ1) is 13.8. The fraction of sp³-hybridized carbons (Fsp3) is 0.769. The predicted molar refractivity (Wildman–Crippen MR) is 75.6 cm³/mol. The summed E-state index contributed by atoms with van der Waals surface area (Å²) < 4.78 is 1.84. The minimum absolute atomic E-state index is 0.482. The van der Waals surface area contributed by atoms with Crippen molar-refractivity contribution >= 4 is 5.96 Å². The number of rotatable bonds is 4. The van der Waals surface area contributed by atoms with E-state index in [1.54, 1.807) is 6.33 Å². The van der Waals surface area contributed by atoms with Crippen molar-refractivity contribution < 1.29 is 0 Å². The van der Waals surface area contributed by atoms with Gasteiger partial charge >= 0.3 is 0 Å². The smallest absolute Gasteiger partial charge is 0.189 e. The van der Waals surface area contributed by atoms with Crippen molar-refractivity contribution in [3.05, 3.63) is 12.2 Å². The fourth-order valence-corrected chi connectivity index (χ4v) is 2.51. The van der Waals surface area contributed by atoms with Crippen LogP contribution in [0.25, 0.3) is 0 Å². The molecule has 1 heterocycles. The van der Waals surface area contributed by atoms with Crippen molar-refractivity contribution in [1.82, 2.24) is 20.1 Å². The molecule has 0 saturated heterocycles. The Morgan fingerprint density at radius 1 is 1.42 bits per heavy atom. The van der Waals surface area contributed by atoms with Crippen LogP contribution >= 0.6 is 0 Å². The first-order valence-corrected chi connectivity index (χ1v) is 7.22. The van der Waals surface area contributed by atoms with Gasteiger partial charge in [0.05, 0.1) is 0 Å². The zero-order valence-corrected chi connectivity index (χ0v) is 11.7. The molecule has 0 aliphatic heterocycles. The van der Waals surface area contributed by atoms with Crippen LogP contribution in [0.15, 0.2) is 11.3 Å². The van der Waals surface area contributed by atoms with Crippen molar-refractivity contribution in [1.29, 1.82) is 0 Å². The minimum atomic E-state index is 0.482. The van der Waals surface area contributed by atoms with E-state index >= 15 is 0 Å². The number of nitrogens with two attached hydrogens (primary N) is 1. The van der Waals surface area contributed by atoms with Crippen molar-refractivity contribution in [3.63, 3.8) is 0 Å². The van der Waals surface area contributed by atoms with E-state index in [1.165, 1.54) is 38.5 Å². The van der Waals surface area contributed by atoms with E-state index in [4.69, 9.17) is 5.73 Å². The van der Waals surface area contributed by atoms with Crippen LogP contribution in [0.3, 0.4) is 0 Å². The van der Waals surface area contributed by atoms with Crippen molar-refractivity contribution in [3.8, 4) is 0 Å². The third-order valence-electron chi connectivity index (χ3n) is 3.59. The number of aryl methyl sites for hydroxylation is 1. The lowest BCUT2D eigenvalue weighted by molar-refractivity contribution is 0.529. The highest BCUT2D eigenvalue weighted by Crippen LogP contribution is 2.16. The van der Waals surface area contributed by atoms with Gasteiger partial charge in [-0.05, 0) is 19.8 Å². The van der Waals surface area contributed by atoms with Crippen LogP contribution in [-0.4, -0.2) is 26.8 Å². The van der Waals surface area contributed by atoms with E-state index in [9.17, 15) is 0 Å². The monoisotopic (exact) mass is 264 g/mol. The maximum atomic E-state index is 5.95. The zero-order chi connectivity index (χ0) is 13.5. The van der Waals surface area contributed by atoms with Gasteiger partial charge < -0.3 is 11.1 Å². The second-order valence-corrected chi connectivity index (χ2v) is 5.03. The lowest BCUT2D eigenvalue weighted by Gasteiger charge is -2.16. The fourth-order valence-electron chi connectivity index (χ4n) is 2.51. The van der Waals surface area contributed by atoms with Crippen LogP contribution in [0.2, 0.25) is 0 Å². The van der Waals surface area contributed by atoms with E-state index in [1.807, 2.05) is 11.6 Å². The molecule has 0 unspecified atom stereocenters. The van der Waals surface area contributed by atoms with E-state index in [0.29, 0.717) is 18.5 Å². The van der Waals surface area contributed by atoms with Gasteiger partial charge in [0.1, 0.15) is 18.7 Å². The normalized spacial score (nSPS) is 18.3. The number of aliphatic imine (C=N–C) groups is 1. The lowest BCUT2D eigenvalue weighted by atomic mass is 10.1. The minimum Gasteiger partial charge on any atom is -0.370 e. The Morgan fingerprint density at radius 2 is 2.16 bits per heavy atom. The van der Waals surface area contributed by atoms with Gasteiger partial charge in [0.15, 0.2) is 5.96 Å². The zero-order valence-electron chi connectivity index (χ0n) is 11.7. The van der Waals surface area contributed by atoms with E-state index in [2.05, 4.69) is 20.4 Å². The van der Waals surface area contributed by atoms with Crippen LogP contribution in [0.4, 0.5) is 0 Å². The third kappa shape index (κ3) is 4.22. The number of hydrogen-bond acceptors (Lipinski definition) is 3. The number of guanidine groups is 1. The average molecular weight is 264 g/mol. The molecule has 1 aliphatic carbocycles. The molecule has 2 rings (SSSR count). The Bertz CT molecular complexity index is 403. The summed E-state index contributed by atoms with van der Waals surface area (Å²) in [7, 11) is 0. The summed E-state index contributed by atoms with van der Waals surface area (Å²) in [6.07, 6.45) is 9.21. The summed E-state index contributed by atoms with van der Waals surface area (Å²) in [6.45, 7) is 3.33. The van der Waals surface area contributed by atoms with Crippen molar-refractivity contribution in [2.45, 2.75) is 64.6 Å². The Balaban J connectivity index is 1.84. The van der Waals surface area contributed by atoms with Crippen LogP contribution in [0, 0.1) is 0 Å². The number of hydrogen-bond donors (Lipinski definition) is 2. The molecule has 6 nitrogen and oxygen atoms in total. The molecule has 1 aromatic heterocycles. The van der Waals surface area contributed by atoms with Crippen LogP contribution in [0.1, 0.15) is 51.3 Å². The van der Waals surface area contributed by atoms with Crippen LogP contribution < -0.4 is 11.1 Å².